The van der Waals surface area contributed by atoms with E-state index in [2.05, 4.69) is 0 Å². The van der Waals surface area contributed by atoms with Crippen LogP contribution in [0.3, 0.4) is 0 Å². The number of ether oxygens (including phenoxy) is 1. The van der Waals surface area contributed by atoms with E-state index >= 15 is 0 Å². The number of carbonyl (C=O) groups excluding carboxylic acids is 1. The summed E-state index contributed by atoms with van der Waals surface area (Å²) in [6, 6.07) is 7.81. The second-order valence-electron chi connectivity index (χ2n) is 5.66. The predicted octanol–water partition coefficient (Wildman–Crippen LogP) is 2.17. The molecule has 0 aromatic heterocycles. The van der Waals surface area contributed by atoms with Gasteiger partial charge in [0.05, 0.1) is 12.5 Å². The highest BCUT2D eigenvalue weighted by atomic mass is 16.5. The molecular weight excluding hydrogens is 252 g/mol. The van der Waals surface area contributed by atoms with Gasteiger partial charge in [0.15, 0.2) is 0 Å². The highest BCUT2D eigenvalue weighted by Crippen LogP contribution is 2.39. The van der Waals surface area contributed by atoms with E-state index in [1.807, 2.05) is 31.3 Å². The average Bonchev–Trinajstić information content (AvgIpc) is 2.97. The molecule has 20 heavy (non-hydrogen) atoms. The summed E-state index contributed by atoms with van der Waals surface area (Å²) in [5, 5.41) is 0. The molecule has 1 fully saturated rings. The number of nitrogens with zero attached hydrogens (tertiary/aromatic N) is 1. The zero-order valence-electron chi connectivity index (χ0n) is 12.4. The summed E-state index contributed by atoms with van der Waals surface area (Å²) in [6.45, 7) is 1.01. The van der Waals surface area contributed by atoms with Gasteiger partial charge in [0.2, 0.25) is 5.91 Å². The molecular formula is C16H24N2O2. The maximum absolute atomic E-state index is 12.7. The van der Waals surface area contributed by atoms with Gasteiger partial charge in [-0.2, -0.15) is 0 Å². The van der Waals surface area contributed by atoms with Crippen LogP contribution in [0.25, 0.3) is 0 Å². The fourth-order valence-electron chi connectivity index (χ4n) is 3.12. The minimum absolute atomic E-state index is 0.170. The molecule has 110 valence electrons. The van der Waals surface area contributed by atoms with E-state index in [4.69, 9.17) is 10.5 Å². The Balaban J connectivity index is 2.11. The Morgan fingerprint density at radius 1 is 1.35 bits per heavy atom. The molecule has 1 aliphatic carbocycles. The SMILES string of the molecule is COc1ccccc1CN(C)C(=O)C1(CN)CCCC1. The van der Waals surface area contributed by atoms with Gasteiger partial charge in [0, 0.05) is 25.7 Å². The maximum atomic E-state index is 12.7. The lowest BCUT2D eigenvalue weighted by molar-refractivity contribution is -0.140. The van der Waals surface area contributed by atoms with Crippen LogP contribution < -0.4 is 10.5 Å². The molecule has 4 heteroatoms. The molecule has 0 bridgehead atoms. The van der Waals surface area contributed by atoms with E-state index < -0.39 is 0 Å². The monoisotopic (exact) mass is 276 g/mol. The van der Waals surface area contributed by atoms with Crippen molar-refractivity contribution in [1.29, 1.82) is 0 Å². The molecule has 0 unspecified atom stereocenters. The van der Waals surface area contributed by atoms with Gasteiger partial charge in [0.25, 0.3) is 0 Å². The summed E-state index contributed by atoms with van der Waals surface area (Å²) < 4.78 is 5.34. The van der Waals surface area contributed by atoms with Crippen molar-refractivity contribution in [2.24, 2.45) is 11.1 Å². The first-order valence-corrected chi connectivity index (χ1v) is 7.20. The predicted molar refractivity (Wildman–Crippen MR) is 79.4 cm³/mol. The van der Waals surface area contributed by atoms with Crippen molar-refractivity contribution in [2.45, 2.75) is 32.2 Å². The first-order chi connectivity index (χ1) is 9.63. The third-order valence-electron chi connectivity index (χ3n) is 4.35. The van der Waals surface area contributed by atoms with Crippen LogP contribution in [0.4, 0.5) is 0 Å². The van der Waals surface area contributed by atoms with Crippen LogP contribution in [0.15, 0.2) is 24.3 Å². The molecule has 1 aliphatic rings. The Labute approximate surface area is 120 Å². The lowest BCUT2D eigenvalue weighted by atomic mass is 9.84. The van der Waals surface area contributed by atoms with E-state index in [0.29, 0.717) is 13.1 Å². The third-order valence-corrected chi connectivity index (χ3v) is 4.35. The van der Waals surface area contributed by atoms with Gasteiger partial charge in [0.1, 0.15) is 5.75 Å². The number of hydrogen-bond acceptors (Lipinski definition) is 3. The molecule has 4 nitrogen and oxygen atoms in total. The van der Waals surface area contributed by atoms with Crippen molar-refractivity contribution >= 4 is 5.91 Å². The Kier molecular flexibility index (Phi) is 4.65. The fraction of sp³-hybridized carbons (Fsp3) is 0.562. The van der Waals surface area contributed by atoms with Crippen LogP contribution in [0, 0.1) is 5.41 Å². The van der Waals surface area contributed by atoms with Crippen molar-refractivity contribution in [3.05, 3.63) is 29.8 Å². The number of benzene rings is 1. The smallest absolute Gasteiger partial charge is 0.230 e. The summed E-state index contributed by atoms with van der Waals surface area (Å²) in [5.74, 6) is 0.990. The summed E-state index contributed by atoms with van der Waals surface area (Å²) in [5.41, 5.74) is 6.57. The quantitative estimate of drug-likeness (QED) is 0.896. The van der Waals surface area contributed by atoms with Gasteiger partial charge in [-0.3, -0.25) is 4.79 Å². The molecule has 1 aromatic carbocycles. The lowest BCUT2D eigenvalue weighted by Gasteiger charge is -2.31. The van der Waals surface area contributed by atoms with Crippen LogP contribution in [-0.4, -0.2) is 31.5 Å². The summed E-state index contributed by atoms with van der Waals surface area (Å²) in [7, 11) is 3.50. The molecule has 1 aromatic rings. The van der Waals surface area contributed by atoms with Gasteiger partial charge in [-0.05, 0) is 18.9 Å². The Hall–Kier alpha value is -1.55. The largest absolute Gasteiger partial charge is 0.496 e. The number of amides is 1. The molecule has 0 atom stereocenters. The number of para-hydroxylation sites is 1. The number of nitrogens with two attached hydrogens (primary N) is 1. The molecule has 0 radical (unpaired) electrons. The lowest BCUT2D eigenvalue weighted by Crippen LogP contribution is -2.44. The molecule has 2 N–H and O–H groups in total. The third kappa shape index (κ3) is 2.80. The molecule has 1 amide bonds. The van der Waals surface area contributed by atoms with Gasteiger partial charge in [-0.25, -0.2) is 0 Å². The van der Waals surface area contributed by atoms with E-state index in [0.717, 1.165) is 37.0 Å². The molecule has 0 aliphatic heterocycles. The highest BCUT2D eigenvalue weighted by Gasteiger charge is 2.41. The van der Waals surface area contributed by atoms with Crippen molar-refractivity contribution in [3.63, 3.8) is 0 Å². The number of hydrogen-bond donors (Lipinski definition) is 1. The van der Waals surface area contributed by atoms with Crippen LogP contribution in [0.5, 0.6) is 5.75 Å². The highest BCUT2D eigenvalue weighted by molar-refractivity contribution is 5.83. The van der Waals surface area contributed by atoms with Crippen molar-refractivity contribution in [3.8, 4) is 5.75 Å². The Morgan fingerprint density at radius 2 is 2.00 bits per heavy atom. The van der Waals surface area contributed by atoms with Gasteiger partial charge in [-0.1, -0.05) is 31.0 Å². The topological polar surface area (TPSA) is 55.6 Å². The van der Waals surface area contributed by atoms with Crippen LogP contribution in [-0.2, 0) is 11.3 Å². The van der Waals surface area contributed by atoms with Crippen molar-refractivity contribution in [2.75, 3.05) is 20.7 Å². The molecule has 2 rings (SSSR count). The van der Waals surface area contributed by atoms with Crippen LogP contribution in [0.1, 0.15) is 31.2 Å². The van der Waals surface area contributed by atoms with Crippen LogP contribution in [0.2, 0.25) is 0 Å². The Bertz CT molecular complexity index is 467. The summed E-state index contributed by atoms with van der Waals surface area (Å²) in [4.78, 5) is 14.5. The van der Waals surface area contributed by atoms with E-state index in [-0.39, 0.29) is 11.3 Å². The van der Waals surface area contributed by atoms with Crippen LogP contribution >= 0.6 is 0 Å². The zero-order valence-corrected chi connectivity index (χ0v) is 12.4. The molecule has 0 saturated heterocycles. The average molecular weight is 276 g/mol. The minimum Gasteiger partial charge on any atom is -0.496 e. The normalized spacial score (nSPS) is 16.9. The number of carbonyl (C=O) groups is 1. The van der Waals surface area contributed by atoms with E-state index in [9.17, 15) is 4.79 Å². The number of rotatable bonds is 5. The molecule has 0 spiro atoms. The van der Waals surface area contributed by atoms with Gasteiger partial charge < -0.3 is 15.4 Å². The number of methoxy groups -OCH3 is 1. The zero-order chi connectivity index (χ0) is 14.6. The minimum atomic E-state index is -0.337. The maximum Gasteiger partial charge on any atom is 0.230 e. The van der Waals surface area contributed by atoms with Crippen molar-refractivity contribution in [1.82, 2.24) is 4.90 Å². The first kappa shape index (κ1) is 14.9. The standard InChI is InChI=1S/C16H24N2O2/c1-18(11-13-7-3-4-8-14(13)20-2)15(19)16(12-17)9-5-6-10-16/h3-4,7-8H,5-6,9-12,17H2,1-2H3. The summed E-state index contributed by atoms with van der Waals surface area (Å²) in [6.07, 6.45) is 4.04. The van der Waals surface area contributed by atoms with E-state index in [1.54, 1.807) is 12.0 Å². The summed E-state index contributed by atoms with van der Waals surface area (Å²) >= 11 is 0. The Morgan fingerprint density at radius 3 is 2.60 bits per heavy atom. The van der Waals surface area contributed by atoms with Gasteiger partial charge >= 0.3 is 0 Å². The first-order valence-electron chi connectivity index (χ1n) is 7.20. The van der Waals surface area contributed by atoms with E-state index in [1.165, 1.54) is 0 Å². The second kappa shape index (κ2) is 6.27. The molecule has 1 saturated carbocycles. The second-order valence-corrected chi connectivity index (χ2v) is 5.66. The van der Waals surface area contributed by atoms with Gasteiger partial charge in [-0.15, -0.1) is 0 Å². The van der Waals surface area contributed by atoms with Crippen molar-refractivity contribution < 1.29 is 9.53 Å². The molecule has 0 heterocycles. The fourth-order valence-corrected chi connectivity index (χ4v) is 3.12.